The summed E-state index contributed by atoms with van der Waals surface area (Å²) in [6.45, 7) is 1.58. The third kappa shape index (κ3) is 9.14. The van der Waals surface area contributed by atoms with Gasteiger partial charge in [-0.05, 0) is 19.8 Å². The van der Waals surface area contributed by atoms with Crippen molar-refractivity contribution in [3.63, 3.8) is 0 Å². The van der Waals surface area contributed by atoms with Crippen LogP contribution in [0.1, 0.15) is 45.4 Å². The molecular weight excluding hydrogens is 156 g/mol. The van der Waals surface area contributed by atoms with Crippen LogP contribution >= 0.6 is 0 Å². The Kier molecular flexibility index (Phi) is 6.34. The lowest BCUT2D eigenvalue weighted by Gasteiger charge is -1.96. The van der Waals surface area contributed by atoms with Crippen molar-refractivity contribution in [2.75, 3.05) is 0 Å². The molecule has 0 aliphatic heterocycles. The molecule has 3 heteroatoms. The number of hydrogen-bond donors (Lipinski definition) is 1. The lowest BCUT2D eigenvalue weighted by molar-refractivity contribution is -0.137. The molecule has 0 rings (SSSR count). The van der Waals surface area contributed by atoms with Gasteiger partial charge in [-0.25, -0.2) is 0 Å². The van der Waals surface area contributed by atoms with Gasteiger partial charge in [0.2, 0.25) is 0 Å². The molecule has 1 N–H and O–H groups in total. The average molecular weight is 172 g/mol. The van der Waals surface area contributed by atoms with Crippen LogP contribution in [-0.4, -0.2) is 16.9 Å². The quantitative estimate of drug-likeness (QED) is 0.597. The first-order valence-electron chi connectivity index (χ1n) is 4.34. The lowest BCUT2D eigenvalue weighted by atomic mass is 10.1. The largest absolute Gasteiger partial charge is 0.481 e. The molecule has 0 aliphatic rings. The SMILES string of the molecule is CC(=O)CCCCCCC(=O)O. The van der Waals surface area contributed by atoms with Crippen LogP contribution in [0.5, 0.6) is 0 Å². The van der Waals surface area contributed by atoms with E-state index in [1.807, 2.05) is 0 Å². The fourth-order valence-corrected chi connectivity index (χ4v) is 1.00. The van der Waals surface area contributed by atoms with Gasteiger partial charge in [-0.15, -0.1) is 0 Å². The Morgan fingerprint density at radius 1 is 1.00 bits per heavy atom. The summed E-state index contributed by atoms with van der Waals surface area (Å²) in [7, 11) is 0. The predicted molar refractivity (Wildman–Crippen MR) is 46.0 cm³/mol. The van der Waals surface area contributed by atoms with E-state index in [0.29, 0.717) is 6.42 Å². The van der Waals surface area contributed by atoms with Crippen molar-refractivity contribution in [3.8, 4) is 0 Å². The second-order valence-corrected chi connectivity index (χ2v) is 3.01. The third-order valence-corrected chi connectivity index (χ3v) is 1.67. The van der Waals surface area contributed by atoms with Crippen molar-refractivity contribution in [1.82, 2.24) is 0 Å². The molecule has 0 aromatic rings. The molecule has 0 saturated heterocycles. The molecule has 0 atom stereocenters. The van der Waals surface area contributed by atoms with E-state index in [0.717, 1.165) is 25.7 Å². The van der Waals surface area contributed by atoms with Gasteiger partial charge in [0.1, 0.15) is 5.78 Å². The van der Waals surface area contributed by atoms with E-state index in [4.69, 9.17) is 5.11 Å². The molecule has 0 radical (unpaired) electrons. The Bertz CT molecular complexity index is 134. The second-order valence-electron chi connectivity index (χ2n) is 3.01. The minimum Gasteiger partial charge on any atom is -0.481 e. The highest BCUT2D eigenvalue weighted by molar-refractivity contribution is 5.75. The molecule has 0 saturated carbocycles. The molecule has 70 valence electrons. The smallest absolute Gasteiger partial charge is 0.303 e. The predicted octanol–water partition coefficient (Wildman–Crippen LogP) is 2.00. The highest BCUT2D eigenvalue weighted by atomic mass is 16.4. The topological polar surface area (TPSA) is 54.4 Å². The zero-order valence-electron chi connectivity index (χ0n) is 7.51. The van der Waals surface area contributed by atoms with Crippen molar-refractivity contribution in [2.24, 2.45) is 0 Å². The van der Waals surface area contributed by atoms with Gasteiger partial charge in [0, 0.05) is 12.8 Å². The standard InChI is InChI=1S/C9H16O3/c1-8(10)6-4-2-3-5-7-9(11)12/h2-7H2,1H3,(H,11,12). The van der Waals surface area contributed by atoms with E-state index in [1.165, 1.54) is 0 Å². The number of carbonyl (C=O) groups is 2. The molecule has 0 aromatic carbocycles. The monoisotopic (exact) mass is 172 g/mol. The highest BCUT2D eigenvalue weighted by Gasteiger charge is 1.97. The summed E-state index contributed by atoms with van der Waals surface area (Å²) in [6.07, 6.45) is 4.39. The summed E-state index contributed by atoms with van der Waals surface area (Å²) >= 11 is 0. The lowest BCUT2D eigenvalue weighted by Crippen LogP contribution is -1.94. The first-order valence-corrected chi connectivity index (χ1v) is 4.34. The van der Waals surface area contributed by atoms with Gasteiger partial charge in [0.05, 0.1) is 0 Å². The van der Waals surface area contributed by atoms with Gasteiger partial charge in [-0.3, -0.25) is 4.79 Å². The van der Waals surface area contributed by atoms with E-state index in [1.54, 1.807) is 6.92 Å². The number of unbranched alkanes of at least 4 members (excludes halogenated alkanes) is 3. The summed E-state index contributed by atoms with van der Waals surface area (Å²) in [5.41, 5.74) is 0. The van der Waals surface area contributed by atoms with E-state index >= 15 is 0 Å². The van der Waals surface area contributed by atoms with Crippen LogP contribution in [0.15, 0.2) is 0 Å². The van der Waals surface area contributed by atoms with Crippen LogP contribution in [0, 0.1) is 0 Å². The molecule has 0 heterocycles. The van der Waals surface area contributed by atoms with Crippen molar-refractivity contribution in [3.05, 3.63) is 0 Å². The third-order valence-electron chi connectivity index (χ3n) is 1.67. The number of ketones is 1. The zero-order chi connectivity index (χ0) is 9.40. The van der Waals surface area contributed by atoms with Gasteiger partial charge in [-0.1, -0.05) is 12.8 Å². The van der Waals surface area contributed by atoms with Gasteiger partial charge >= 0.3 is 5.97 Å². The molecular formula is C9H16O3. The van der Waals surface area contributed by atoms with Gasteiger partial charge in [-0.2, -0.15) is 0 Å². The number of aliphatic carboxylic acids is 1. The molecule has 0 aromatic heterocycles. The number of Topliss-reactive ketones (excluding diaryl/α,β-unsaturated/α-hetero) is 1. The number of carboxylic acid groups (broad SMARTS) is 1. The van der Waals surface area contributed by atoms with Crippen LogP contribution < -0.4 is 0 Å². The maximum absolute atomic E-state index is 10.5. The number of rotatable bonds is 7. The van der Waals surface area contributed by atoms with E-state index in [-0.39, 0.29) is 12.2 Å². The van der Waals surface area contributed by atoms with Crippen molar-refractivity contribution >= 4 is 11.8 Å². The maximum atomic E-state index is 10.5. The van der Waals surface area contributed by atoms with Crippen LogP contribution in [0.4, 0.5) is 0 Å². The maximum Gasteiger partial charge on any atom is 0.303 e. The van der Waals surface area contributed by atoms with E-state index in [2.05, 4.69) is 0 Å². The van der Waals surface area contributed by atoms with E-state index < -0.39 is 5.97 Å². The second kappa shape index (κ2) is 6.83. The molecule has 3 nitrogen and oxygen atoms in total. The van der Waals surface area contributed by atoms with Crippen molar-refractivity contribution < 1.29 is 14.7 Å². The molecule has 0 unspecified atom stereocenters. The number of carbonyl (C=O) groups excluding carboxylic acids is 1. The Morgan fingerprint density at radius 2 is 1.50 bits per heavy atom. The summed E-state index contributed by atoms with van der Waals surface area (Å²) < 4.78 is 0. The average Bonchev–Trinajstić information content (AvgIpc) is 1.95. The van der Waals surface area contributed by atoms with Crippen LogP contribution in [-0.2, 0) is 9.59 Å². The fraction of sp³-hybridized carbons (Fsp3) is 0.778. The number of carboxylic acids is 1. The van der Waals surface area contributed by atoms with Crippen LogP contribution in [0.2, 0.25) is 0 Å². The van der Waals surface area contributed by atoms with Crippen molar-refractivity contribution in [2.45, 2.75) is 45.4 Å². The van der Waals surface area contributed by atoms with Crippen molar-refractivity contribution in [1.29, 1.82) is 0 Å². The highest BCUT2D eigenvalue weighted by Crippen LogP contribution is 2.05. The summed E-state index contributed by atoms with van der Waals surface area (Å²) in [6, 6.07) is 0. The summed E-state index contributed by atoms with van der Waals surface area (Å²) in [5.74, 6) is -0.519. The Balaban J connectivity index is 3.01. The van der Waals surface area contributed by atoms with Crippen LogP contribution in [0.25, 0.3) is 0 Å². The molecule has 0 bridgehead atoms. The minimum absolute atomic E-state index is 0.216. The Labute approximate surface area is 72.8 Å². The van der Waals surface area contributed by atoms with Gasteiger partial charge in [0.15, 0.2) is 0 Å². The molecule has 0 fully saturated rings. The van der Waals surface area contributed by atoms with Gasteiger partial charge < -0.3 is 9.90 Å². The normalized spacial score (nSPS) is 9.75. The molecule has 0 aliphatic carbocycles. The van der Waals surface area contributed by atoms with Gasteiger partial charge in [0.25, 0.3) is 0 Å². The Morgan fingerprint density at radius 3 is 1.92 bits per heavy atom. The molecule has 0 amide bonds. The summed E-state index contributed by atoms with van der Waals surface area (Å²) in [5, 5.41) is 8.30. The zero-order valence-corrected chi connectivity index (χ0v) is 7.51. The Hall–Kier alpha value is -0.860. The molecule has 12 heavy (non-hydrogen) atoms. The fourth-order valence-electron chi connectivity index (χ4n) is 1.00. The van der Waals surface area contributed by atoms with Crippen LogP contribution in [0.3, 0.4) is 0 Å². The first-order chi connectivity index (χ1) is 5.63. The number of hydrogen-bond acceptors (Lipinski definition) is 2. The molecule has 0 spiro atoms. The minimum atomic E-state index is -0.735. The first kappa shape index (κ1) is 11.1. The summed E-state index contributed by atoms with van der Waals surface area (Å²) in [4.78, 5) is 20.6. The van der Waals surface area contributed by atoms with E-state index in [9.17, 15) is 9.59 Å².